The highest BCUT2D eigenvalue weighted by atomic mass is 16.2. The normalized spacial score (nSPS) is 18.4. The molecular weight excluding hydrogens is 290 g/mol. The van der Waals surface area contributed by atoms with Gasteiger partial charge in [-0.2, -0.15) is 5.10 Å². The fourth-order valence-corrected chi connectivity index (χ4v) is 3.49. The van der Waals surface area contributed by atoms with Crippen LogP contribution in [0.3, 0.4) is 0 Å². The molecule has 2 aromatic rings. The first-order valence-corrected chi connectivity index (χ1v) is 8.22. The van der Waals surface area contributed by atoms with Crippen LogP contribution < -0.4 is 0 Å². The third-order valence-corrected chi connectivity index (χ3v) is 4.56. The van der Waals surface area contributed by atoms with Gasteiger partial charge >= 0.3 is 0 Å². The van der Waals surface area contributed by atoms with Crippen LogP contribution in [0.1, 0.15) is 41.7 Å². The maximum absolute atomic E-state index is 12.6. The topological polar surface area (TPSA) is 56.0 Å². The number of aryl methyl sites for hydroxylation is 4. The Balaban J connectivity index is 1.69. The van der Waals surface area contributed by atoms with E-state index in [0.717, 1.165) is 48.8 Å². The fourth-order valence-electron chi connectivity index (χ4n) is 3.49. The molecule has 6 nitrogen and oxygen atoms in total. The SMILES string of the molecule is Cc1cn(C)c([C@@H]2CCCN(C(=O)Cn3nc(C)cc3C)C2)n1. The number of amides is 1. The van der Waals surface area contributed by atoms with Gasteiger partial charge in [0.1, 0.15) is 12.4 Å². The molecule has 1 amide bonds. The Hall–Kier alpha value is -2.11. The second-order valence-corrected chi connectivity index (χ2v) is 6.62. The number of imidazole rings is 1. The van der Waals surface area contributed by atoms with Gasteiger partial charge < -0.3 is 9.47 Å². The van der Waals surface area contributed by atoms with Crippen LogP contribution in [-0.4, -0.2) is 43.2 Å². The molecule has 6 heteroatoms. The van der Waals surface area contributed by atoms with Crippen LogP contribution in [0.25, 0.3) is 0 Å². The van der Waals surface area contributed by atoms with Crippen LogP contribution in [0.15, 0.2) is 12.3 Å². The van der Waals surface area contributed by atoms with Crippen LogP contribution in [0.2, 0.25) is 0 Å². The maximum Gasteiger partial charge on any atom is 0.244 e. The Bertz CT molecular complexity index is 715. The van der Waals surface area contributed by atoms with Gasteiger partial charge in [0.05, 0.1) is 11.4 Å². The zero-order valence-electron chi connectivity index (χ0n) is 14.4. The van der Waals surface area contributed by atoms with E-state index in [1.54, 1.807) is 4.68 Å². The molecule has 3 heterocycles. The van der Waals surface area contributed by atoms with E-state index >= 15 is 0 Å². The van der Waals surface area contributed by atoms with Crippen molar-refractivity contribution in [3.8, 4) is 0 Å². The first-order chi connectivity index (χ1) is 10.9. The number of aromatic nitrogens is 4. The van der Waals surface area contributed by atoms with Gasteiger partial charge in [0.15, 0.2) is 0 Å². The molecule has 0 unspecified atom stereocenters. The standard InChI is InChI=1S/C17H25N5O/c1-12-8-14(3)22(19-12)11-16(23)21-7-5-6-15(10-21)17-18-13(2)9-20(17)4/h8-9,15H,5-7,10-11H2,1-4H3/t15-/m1/s1. The predicted molar refractivity (Wildman–Crippen MR) is 88.2 cm³/mol. The molecule has 1 aliphatic heterocycles. The summed E-state index contributed by atoms with van der Waals surface area (Å²) in [5.74, 6) is 1.56. The van der Waals surface area contributed by atoms with Crippen LogP contribution in [0.4, 0.5) is 0 Å². The summed E-state index contributed by atoms with van der Waals surface area (Å²) in [5, 5.41) is 4.39. The van der Waals surface area contributed by atoms with Crippen LogP contribution in [0.5, 0.6) is 0 Å². The highest BCUT2D eigenvalue weighted by Crippen LogP contribution is 2.26. The Kier molecular flexibility index (Phi) is 4.24. The number of rotatable bonds is 3. The van der Waals surface area contributed by atoms with Gasteiger partial charge in [-0.25, -0.2) is 4.98 Å². The molecule has 0 N–H and O–H groups in total. The molecule has 1 saturated heterocycles. The molecule has 0 bridgehead atoms. The van der Waals surface area contributed by atoms with Gasteiger partial charge in [-0.05, 0) is 39.7 Å². The zero-order chi connectivity index (χ0) is 16.6. The molecule has 2 aromatic heterocycles. The third kappa shape index (κ3) is 3.30. The number of carbonyl (C=O) groups is 1. The van der Waals surface area contributed by atoms with Crippen molar-refractivity contribution in [2.24, 2.45) is 7.05 Å². The van der Waals surface area contributed by atoms with Crippen LogP contribution >= 0.6 is 0 Å². The van der Waals surface area contributed by atoms with Crippen molar-refractivity contribution in [3.63, 3.8) is 0 Å². The first-order valence-electron chi connectivity index (χ1n) is 8.22. The Morgan fingerprint density at radius 3 is 2.70 bits per heavy atom. The Morgan fingerprint density at radius 1 is 1.30 bits per heavy atom. The van der Waals surface area contributed by atoms with E-state index in [0.29, 0.717) is 12.5 Å². The molecule has 1 atom stereocenters. The smallest absolute Gasteiger partial charge is 0.244 e. The van der Waals surface area contributed by atoms with Crippen LogP contribution in [-0.2, 0) is 18.4 Å². The number of likely N-dealkylation sites (tertiary alicyclic amines) is 1. The average Bonchev–Trinajstić information content (AvgIpc) is 3.00. The van der Waals surface area contributed by atoms with E-state index in [2.05, 4.69) is 14.6 Å². The minimum absolute atomic E-state index is 0.145. The molecule has 1 fully saturated rings. The summed E-state index contributed by atoms with van der Waals surface area (Å²) >= 11 is 0. The number of hydrogen-bond acceptors (Lipinski definition) is 3. The first kappa shape index (κ1) is 15.8. The Labute approximate surface area is 137 Å². The second kappa shape index (κ2) is 6.18. The molecule has 0 aromatic carbocycles. The summed E-state index contributed by atoms with van der Waals surface area (Å²) in [7, 11) is 2.03. The summed E-state index contributed by atoms with van der Waals surface area (Å²) in [6.45, 7) is 7.86. The van der Waals surface area contributed by atoms with Gasteiger partial charge in [0.2, 0.25) is 5.91 Å². The van der Waals surface area contributed by atoms with Crippen molar-refractivity contribution >= 4 is 5.91 Å². The second-order valence-electron chi connectivity index (χ2n) is 6.62. The van der Waals surface area contributed by atoms with E-state index in [1.807, 2.05) is 45.0 Å². The van der Waals surface area contributed by atoms with Gasteiger partial charge in [-0.3, -0.25) is 9.48 Å². The summed E-state index contributed by atoms with van der Waals surface area (Å²) in [6, 6.07) is 2.00. The minimum atomic E-state index is 0.145. The average molecular weight is 315 g/mol. The van der Waals surface area contributed by atoms with Crippen molar-refractivity contribution in [2.45, 2.75) is 46.1 Å². The van der Waals surface area contributed by atoms with Crippen LogP contribution in [0, 0.1) is 20.8 Å². The summed E-state index contributed by atoms with van der Waals surface area (Å²) in [5.41, 5.74) is 3.02. The van der Waals surface area contributed by atoms with Crippen molar-refractivity contribution in [2.75, 3.05) is 13.1 Å². The monoisotopic (exact) mass is 315 g/mol. The van der Waals surface area contributed by atoms with Crippen molar-refractivity contribution in [1.82, 2.24) is 24.2 Å². The molecular formula is C17H25N5O. The third-order valence-electron chi connectivity index (χ3n) is 4.56. The lowest BCUT2D eigenvalue weighted by Crippen LogP contribution is -2.41. The summed E-state index contributed by atoms with van der Waals surface area (Å²) < 4.78 is 3.89. The molecule has 124 valence electrons. The van der Waals surface area contributed by atoms with Gasteiger partial charge in [-0.1, -0.05) is 0 Å². The molecule has 1 aliphatic rings. The van der Waals surface area contributed by atoms with E-state index < -0.39 is 0 Å². The van der Waals surface area contributed by atoms with Crippen molar-refractivity contribution in [3.05, 3.63) is 35.2 Å². The lowest BCUT2D eigenvalue weighted by atomic mass is 9.97. The quantitative estimate of drug-likeness (QED) is 0.870. The highest BCUT2D eigenvalue weighted by molar-refractivity contribution is 5.76. The summed E-state index contributed by atoms with van der Waals surface area (Å²) in [6.07, 6.45) is 4.17. The largest absolute Gasteiger partial charge is 0.340 e. The lowest BCUT2D eigenvalue weighted by Gasteiger charge is -2.32. The molecule has 0 saturated carbocycles. The molecule has 0 aliphatic carbocycles. The number of nitrogens with zero attached hydrogens (tertiary/aromatic N) is 5. The van der Waals surface area contributed by atoms with Crippen molar-refractivity contribution in [1.29, 1.82) is 0 Å². The molecule has 0 radical (unpaired) electrons. The van der Waals surface area contributed by atoms with Gasteiger partial charge in [0, 0.05) is 37.9 Å². The van der Waals surface area contributed by atoms with E-state index in [4.69, 9.17) is 0 Å². The van der Waals surface area contributed by atoms with E-state index in [1.165, 1.54) is 0 Å². The highest BCUT2D eigenvalue weighted by Gasteiger charge is 2.27. The number of carbonyl (C=O) groups excluding carboxylic acids is 1. The molecule has 0 spiro atoms. The lowest BCUT2D eigenvalue weighted by molar-refractivity contribution is -0.133. The Morgan fingerprint density at radius 2 is 2.09 bits per heavy atom. The number of piperidine rings is 1. The fraction of sp³-hybridized carbons (Fsp3) is 0.588. The molecule has 23 heavy (non-hydrogen) atoms. The van der Waals surface area contributed by atoms with E-state index in [9.17, 15) is 4.79 Å². The molecule has 3 rings (SSSR count). The van der Waals surface area contributed by atoms with Gasteiger partial charge in [0.25, 0.3) is 0 Å². The van der Waals surface area contributed by atoms with Gasteiger partial charge in [-0.15, -0.1) is 0 Å². The predicted octanol–water partition coefficient (Wildman–Crippen LogP) is 1.95. The minimum Gasteiger partial charge on any atom is -0.340 e. The summed E-state index contributed by atoms with van der Waals surface area (Å²) in [4.78, 5) is 19.2. The maximum atomic E-state index is 12.6. The van der Waals surface area contributed by atoms with E-state index in [-0.39, 0.29) is 5.91 Å². The zero-order valence-corrected chi connectivity index (χ0v) is 14.4. The number of hydrogen-bond donors (Lipinski definition) is 0. The van der Waals surface area contributed by atoms with Crippen molar-refractivity contribution < 1.29 is 4.79 Å².